The number of benzene rings is 2. The number of rotatable bonds is 6. The van der Waals surface area contributed by atoms with Crippen LogP contribution in [0, 0.1) is 11.3 Å². The van der Waals surface area contributed by atoms with E-state index in [0.717, 1.165) is 53.3 Å². The van der Waals surface area contributed by atoms with Gasteiger partial charge >= 0.3 is 0 Å². The van der Waals surface area contributed by atoms with Crippen LogP contribution in [0.4, 0.5) is 17.3 Å². The minimum absolute atomic E-state index is 0.0277. The molecule has 34 heavy (non-hydrogen) atoms. The second-order valence-electron chi connectivity index (χ2n) is 7.75. The first-order valence-electron chi connectivity index (χ1n) is 10.9. The molecule has 0 radical (unpaired) electrons. The van der Waals surface area contributed by atoms with E-state index in [-0.39, 0.29) is 12.5 Å². The fraction of sp³-hybridized carbons (Fsp3) is 0.200. The first-order valence-corrected chi connectivity index (χ1v) is 11.8. The van der Waals surface area contributed by atoms with Crippen LogP contribution in [0.1, 0.15) is 10.4 Å². The first-order chi connectivity index (χ1) is 16.7. The molecule has 2 aromatic carbocycles. The average molecular weight is 471 g/mol. The molecule has 0 saturated carbocycles. The van der Waals surface area contributed by atoms with Crippen LogP contribution < -0.4 is 15.5 Å². The van der Waals surface area contributed by atoms with Crippen LogP contribution in [0.15, 0.2) is 60.1 Å². The summed E-state index contributed by atoms with van der Waals surface area (Å²) in [6.45, 7) is 3.28. The molecule has 0 bridgehead atoms. The number of nitrogens with one attached hydrogen (secondary N) is 2. The zero-order valence-corrected chi connectivity index (χ0v) is 19.1. The highest BCUT2D eigenvalue weighted by atomic mass is 32.1. The van der Waals surface area contributed by atoms with Gasteiger partial charge in [-0.15, -0.1) is 11.3 Å². The molecule has 3 heterocycles. The van der Waals surface area contributed by atoms with E-state index in [9.17, 15) is 4.79 Å². The van der Waals surface area contributed by atoms with E-state index in [4.69, 9.17) is 15.0 Å². The maximum atomic E-state index is 12.3. The number of fused-ring (bicyclic) bond motifs is 1. The smallest absolute Gasteiger partial charge is 0.252 e. The molecule has 1 amide bonds. The van der Waals surface area contributed by atoms with Crippen molar-refractivity contribution in [3.8, 4) is 17.2 Å². The van der Waals surface area contributed by atoms with E-state index in [2.05, 4.69) is 32.7 Å². The Morgan fingerprint density at radius 3 is 2.79 bits per heavy atom. The van der Waals surface area contributed by atoms with E-state index in [0.29, 0.717) is 11.5 Å². The lowest BCUT2D eigenvalue weighted by molar-refractivity contribution is 0.0958. The fourth-order valence-corrected chi connectivity index (χ4v) is 4.72. The van der Waals surface area contributed by atoms with Crippen LogP contribution in [-0.4, -0.2) is 48.7 Å². The van der Waals surface area contributed by atoms with Gasteiger partial charge < -0.3 is 20.3 Å². The first kappa shape index (κ1) is 21.8. The molecule has 2 N–H and O–H groups in total. The average Bonchev–Trinajstić information content (AvgIpc) is 3.32. The summed E-state index contributed by atoms with van der Waals surface area (Å²) in [6, 6.07) is 17.5. The Morgan fingerprint density at radius 1 is 1.18 bits per heavy atom. The molecule has 0 atom stereocenters. The Bertz CT molecular complexity index is 1360. The molecular formula is C25H22N6O2S. The van der Waals surface area contributed by atoms with Crippen molar-refractivity contribution < 1.29 is 9.53 Å². The Hall–Kier alpha value is -4.00. The molecule has 2 aromatic heterocycles. The molecule has 0 unspecified atom stereocenters. The summed E-state index contributed by atoms with van der Waals surface area (Å²) < 4.78 is 6.39. The second kappa shape index (κ2) is 9.87. The van der Waals surface area contributed by atoms with Crippen LogP contribution in [0.5, 0.6) is 0 Å². The Kier molecular flexibility index (Phi) is 6.33. The summed E-state index contributed by atoms with van der Waals surface area (Å²) in [5, 5.41) is 16.6. The van der Waals surface area contributed by atoms with Crippen molar-refractivity contribution >= 4 is 44.8 Å². The predicted molar refractivity (Wildman–Crippen MR) is 134 cm³/mol. The molecule has 5 rings (SSSR count). The summed E-state index contributed by atoms with van der Waals surface area (Å²) in [5.41, 5.74) is 5.22. The lowest BCUT2D eigenvalue weighted by Crippen LogP contribution is -2.36. The maximum absolute atomic E-state index is 12.3. The summed E-state index contributed by atoms with van der Waals surface area (Å²) >= 11 is 1.56. The molecule has 1 saturated heterocycles. The van der Waals surface area contributed by atoms with Gasteiger partial charge in [-0.05, 0) is 42.0 Å². The summed E-state index contributed by atoms with van der Waals surface area (Å²) in [6.07, 6.45) is 1.81. The molecule has 1 aliphatic rings. The molecule has 1 fully saturated rings. The number of hydrogen-bond acceptors (Lipinski definition) is 8. The van der Waals surface area contributed by atoms with E-state index in [1.807, 2.05) is 48.0 Å². The van der Waals surface area contributed by atoms with Gasteiger partial charge in [0, 0.05) is 41.0 Å². The van der Waals surface area contributed by atoms with E-state index in [1.54, 1.807) is 17.4 Å². The second-order valence-corrected chi connectivity index (χ2v) is 8.66. The normalized spacial score (nSPS) is 13.4. The zero-order valence-electron chi connectivity index (χ0n) is 18.3. The molecule has 4 aromatic rings. The number of ether oxygens (including phenoxy) is 1. The largest absolute Gasteiger partial charge is 0.378 e. The highest BCUT2D eigenvalue weighted by molar-refractivity contribution is 7.17. The third-order valence-corrected chi connectivity index (χ3v) is 6.48. The van der Waals surface area contributed by atoms with E-state index < -0.39 is 0 Å². The number of thiophene rings is 1. The van der Waals surface area contributed by atoms with Crippen LogP contribution >= 0.6 is 11.3 Å². The Morgan fingerprint density at radius 2 is 2.00 bits per heavy atom. The van der Waals surface area contributed by atoms with Gasteiger partial charge in [0.05, 0.1) is 35.7 Å². The monoisotopic (exact) mass is 470 g/mol. The molecule has 170 valence electrons. The van der Waals surface area contributed by atoms with Crippen LogP contribution in [0.3, 0.4) is 0 Å². The number of morpholine rings is 1. The number of hydrogen-bond donors (Lipinski definition) is 2. The Balaban J connectivity index is 1.37. The van der Waals surface area contributed by atoms with Crippen LogP contribution in [0.25, 0.3) is 21.3 Å². The van der Waals surface area contributed by atoms with Gasteiger partial charge in [0.2, 0.25) is 5.95 Å². The molecular weight excluding hydrogens is 448 g/mol. The van der Waals surface area contributed by atoms with Gasteiger partial charge in [-0.2, -0.15) is 5.26 Å². The van der Waals surface area contributed by atoms with Crippen LogP contribution in [0.2, 0.25) is 0 Å². The lowest BCUT2D eigenvalue weighted by Gasteiger charge is -2.28. The zero-order chi connectivity index (χ0) is 23.3. The quantitative estimate of drug-likeness (QED) is 0.407. The molecule has 0 aliphatic carbocycles. The van der Waals surface area contributed by atoms with Gasteiger partial charge in [-0.25, -0.2) is 9.97 Å². The van der Waals surface area contributed by atoms with E-state index in [1.165, 1.54) is 5.69 Å². The highest BCUT2D eigenvalue weighted by Crippen LogP contribution is 2.33. The van der Waals surface area contributed by atoms with Crippen molar-refractivity contribution in [3.63, 3.8) is 0 Å². The van der Waals surface area contributed by atoms with Gasteiger partial charge in [0.25, 0.3) is 5.91 Å². The summed E-state index contributed by atoms with van der Waals surface area (Å²) in [5.74, 6) is 0.231. The minimum atomic E-state index is -0.277. The van der Waals surface area contributed by atoms with Gasteiger partial charge in [0.15, 0.2) is 0 Å². The van der Waals surface area contributed by atoms with E-state index >= 15 is 0 Å². The SMILES string of the molecule is N#CCNC(=O)c1cccc(-c2csc3cnc(Nc4ccc(N5CCOCC5)cc4)nc23)c1. The topological polar surface area (TPSA) is 103 Å². The molecule has 9 heteroatoms. The Labute approximate surface area is 200 Å². The number of nitriles is 1. The molecule has 0 spiro atoms. The number of amides is 1. The highest BCUT2D eigenvalue weighted by Gasteiger charge is 2.14. The standard InChI is InChI=1S/C25H22N6O2S/c26-8-9-27-24(32)18-3-1-2-17(14-18)21-16-34-22-15-28-25(30-23(21)22)29-19-4-6-20(7-5-19)31-10-12-33-13-11-31/h1-7,14-16H,9-13H2,(H,27,32)(H,28,29,30). The summed E-state index contributed by atoms with van der Waals surface area (Å²) in [4.78, 5) is 23.8. The minimum Gasteiger partial charge on any atom is -0.378 e. The van der Waals surface area contributed by atoms with Crippen molar-refractivity contribution in [1.29, 1.82) is 5.26 Å². The molecule has 8 nitrogen and oxygen atoms in total. The number of anilines is 3. The van der Waals surface area contributed by atoms with Crippen molar-refractivity contribution in [2.24, 2.45) is 0 Å². The van der Waals surface area contributed by atoms with Crippen molar-refractivity contribution in [1.82, 2.24) is 15.3 Å². The lowest BCUT2D eigenvalue weighted by atomic mass is 10.0. The number of aromatic nitrogens is 2. The van der Waals surface area contributed by atoms with Gasteiger partial charge in [0.1, 0.15) is 6.54 Å². The third kappa shape index (κ3) is 4.69. The third-order valence-electron chi connectivity index (χ3n) is 5.58. The van der Waals surface area contributed by atoms with Crippen molar-refractivity contribution in [2.45, 2.75) is 0 Å². The summed E-state index contributed by atoms with van der Waals surface area (Å²) in [7, 11) is 0. The number of nitrogens with zero attached hydrogens (tertiary/aromatic N) is 4. The predicted octanol–water partition coefficient (Wildman–Crippen LogP) is 4.19. The van der Waals surface area contributed by atoms with Crippen molar-refractivity contribution in [3.05, 3.63) is 65.7 Å². The van der Waals surface area contributed by atoms with Crippen LogP contribution in [-0.2, 0) is 4.74 Å². The number of carbonyl (C=O) groups excluding carboxylic acids is 1. The maximum Gasteiger partial charge on any atom is 0.252 e. The molecule has 1 aliphatic heterocycles. The van der Waals surface area contributed by atoms with Crippen molar-refractivity contribution in [2.75, 3.05) is 43.1 Å². The van der Waals surface area contributed by atoms with Gasteiger partial charge in [-0.1, -0.05) is 12.1 Å². The van der Waals surface area contributed by atoms with Gasteiger partial charge in [-0.3, -0.25) is 4.79 Å². The fourth-order valence-electron chi connectivity index (χ4n) is 3.85. The number of carbonyl (C=O) groups is 1.